The first kappa shape index (κ1) is 15.1. The summed E-state index contributed by atoms with van der Waals surface area (Å²) >= 11 is 0. The lowest BCUT2D eigenvalue weighted by molar-refractivity contribution is 0.270. The van der Waals surface area contributed by atoms with Gasteiger partial charge in [-0.2, -0.15) is 4.31 Å². The number of aromatic nitrogens is 1. The molecule has 21 heavy (non-hydrogen) atoms. The third-order valence-corrected chi connectivity index (χ3v) is 6.17. The minimum absolute atomic E-state index is 0.123. The molecule has 2 aliphatic rings. The Balaban J connectivity index is 1.88. The highest BCUT2D eigenvalue weighted by atomic mass is 32.2. The second kappa shape index (κ2) is 5.74. The molecule has 1 aromatic rings. The number of aryl methyl sites for hydroxylation is 1. The molecule has 1 heterocycles. The predicted molar refractivity (Wildman–Crippen MR) is 80.3 cm³/mol. The van der Waals surface area contributed by atoms with Crippen molar-refractivity contribution in [3.05, 3.63) is 18.0 Å². The highest BCUT2D eigenvalue weighted by Gasteiger charge is 2.41. The van der Waals surface area contributed by atoms with Gasteiger partial charge < -0.3 is 9.67 Å². The molecule has 0 aromatic carbocycles. The Kier molecular flexibility index (Phi) is 4.12. The molecule has 3 rings (SSSR count). The van der Waals surface area contributed by atoms with Crippen molar-refractivity contribution in [3.63, 3.8) is 0 Å². The van der Waals surface area contributed by atoms with E-state index in [-0.39, 0.29) is 12.6 Å². The van der Waals surface area contributed by atoms with Gasteiger partial charge in [0.2, 0.25) is 10.0 Å². The van der Waals surface area contributed by atoms with Crippen LogP contribution in [0.1, 0.15) is 44.7 Å². The fourth-order valence-corrected chi connectivity index (χ4v) is 4.57. The van der Waals surface area contributed by atoms with E-state index in [1.807, 2.05) is 11.5 Å². The molecule has 0 bridgehead atoms. The van der Waals surface area contributed by atoms with E-state index in [9.17, 15) is 13.5 Å². The van der Waals surface area contributed by atoms with Gasteiger partial charge in [0.05, 0.1) is 6.61 Å². The molecule has 0 amide bonds. The summed E-state index contributed by atoms with van der Waals surface area (Å²) in [6.45, 7) is 3.32. The molecular formula is C15H24N2O3S. The molecule has 2 saturated carbocycles. The highest BCUT2D eigenvalue weighted by molar-refractivity contribution is 7.89. The van der Waals surface area contributed by atoms with E-state index in [4.69, 9.17) is 0 Å². The zero-order chi connectivity index (χ0) is 15.0. The molecule has 2 aliphatic carbocycles. The van der Waals surface area contributed by atoms with Crippen LogP contribution in [0.25, 0.3) is 0 Å². The Morgan fingerprint density at radius 1 is 1.33 bits per heavy atom. The Morgan fingerprint density at radius 2 is 2.05 bits per heavy atom. The van der Waals surface area contributed by atoms with Gasteiger partial charge >= 0.3 is 0 Å². The number of nitrogens with zero attached hydrogens (tertiary/aromatic N) is 2. The molecule has 118 valence electrons. The van der Waals surface area contributed by atoms with Gasteiger partial charge in [0.15, 0.2) is 0 Å². The van der Waals surface area contributed by atoms with Gasteiger partial charge in [-0.3, -0.25) is 0 Å². The van der Waals surface area contributed by atoms with Gasteiger partial charge in [0.25, 0.3) is 0 Å². The van der Waals surface area contributed by atoms with Crippen LogP contribution in [-0.2, 0) is 23.2 Å². The van der Waals surface area contributed by atoms with Crippen LogP contribution < -0.4 is 0 Å². The van der Waals surface area contributed by atoms with E-state index in [1.54, 1.807) is 16.6 Å². The lowest BCUT2D eigenvalue weighted by Crippen LogP contribution is -2.34. The van der Waals surface area contributed by atoms with Gasteiger partial charge in [0.1, 0.15) is 4.90 Å². The molecule has 0 aliphatic heterocycles. The molecule has 0 saturated heterocycles. The molecule has 0 unspecified atom stereocenters. The third-order valence-electron chi connectivity index (χ3n) is 4.28. The van der Waals surface area contributed by atoms with Gasteiger partial charge in [-0.05, 0) is 44.1 Å². The first-order valence-corrected chi connectivity index (χ1v) is 9.32. The number of hydrogen-bond donors (Lipinski definition) is 1. The number of aliphatic hydroxyl groups excluding tert-OH is 1. The van der Waals surface area contributed by atoms with Crippen LogP contribution in [0.5, 0.6) is 0 Å². The summed E-state index contributed by atoms with van der Waals surface area (Å²) < 4.78 is 29.3. The maximum Gasteiger partial charge on any atom is 0.244 e. The molecule has 0 radical (unpaired) electrons. The monoisotopic (exact) mass is 312 g/mol. The lowest BCUT2D eigenvalue weighted by atomic mass is 10.4. The van der Waals surface area contributed by atoms with Gasteiger partial charge in [0, 0.05) is 31.0 Å². The average molecular weight is 312 g/mol. The van der Waals surface area contributed by atoms with Gasteiger partial charge in [-0.15, -0.1) is 0 Å². The van der Waals surface area contributed by atoms with Crippen molar-refractivity contribution >= 4 is 10.0 Å². The summed E-state index contributed by atoms with van der Waals surface area (Å²) in [5.74, 6) is 0.551. The molecule has 2 fully saturated rings. The zero-order valence-corrected chi connectivity index (χ0v) is 13.3. The normalized spacial score (nSPS) is 19.4. The van der Waals surface area contributed by atoms with E-state index >= 15 is 0 Å². The number of hydrogen-bond acceptors (Lipinski definition) is 3. The minimum atomic E-state index is -3.42. The Bertz CT molecular complexity index is 600. The highest BCUT2D eigenvalue weighted by Crippen LogP contribution is 2.38. The first-order chi connectivity index (χ1) is 10.1. The van der Waals surface area contributed by atoms with Crippen LogP contribution >= 0.6 is 0 Å². The summed E-state index contributed by atoms with van der Waals surface area (Å²) in [4.78, 5) is 0.340. The minimum Gasteiger partial charge on any atom is -0.390 e. The summed E-state index contributed by atoms with van der Waals surface area (Å²) in [6.07, 6.45) is 6.86. The summed E-state index contributed by atoms with van der Waals surface area (Å²) in [5.41, 5.74) is 0.678. The predicted octanol–water partition coefficient (Wildman–Crippen LogP) is 1.95. The second-order valence-corrected chi connectivity index (χ2v) is 8.16. The third kappa shape index (κ3) is 3.17. The van der Waals surface area contributed by atoms with Crippen molar-refractivity contribution in [2.24, 2.45) is 5.92 Å². The smallest absolute Gasteiger partial charge is 0.244 e. The molecule has 1 aromatic heterocycles. The maximum atomic E-state index is 12.9. The maximum absolute atomic E-state index is 12.9. The van der Waals surface area contributed by atoms with Crippen LogP contribution in [0.2, 0.25) is 0 Å². The van der Waals surface area contributed by atoms with E-state index < -0.39 is 10.0 Å². The Morgan fingerprint density at radius 3 is 2.57 bits per heavy atom. The van der Waals surface area contributed by atoms with Crippen LogP contribution in [0, 0.1) is 5.92 Å². The fourth-order valence-electron chi connectivity index (χ4n) is 2.74. The molecule has 5 nitrogen and oxygen atoms in total. The van der Waals surface area contributed by atoms with Crippen molar-refractivity contribution < 1.29 is 13.5 Å². The van der Waals surface area contributed by atoms with Crippen molar-refractivity contribution in [2.45, 2.75) is 63.1 Å². The standard InChI is InChI=1S/C15H24N2O3S/c1-2-7-16-10-15(8-14(16)11-18)21(19,20)17(13-5-6-13)9-12-3-4-12/h8,10,12-13,18H,2-7,9,11H2,1H3. The molecule has 0 spiro atoms. The fraction of sp³-hybridized carbons (Fsp3) is 0.733. The second-order valence-electron chi connectivity index (χ2n) is 6.27. The van der Waals surface area contributed by atoms with Crippen LogP contribution in [0.4, 0.5) is 0 Å². The van der Waals surface area contributed by atoms with Crippen molar-refractivity contribution in [1.82, 2.24) is 8.87 Å². The molecule has 6 heteroatoms. The van der Waals surface area contributed by atoms with Crippen molar-refractivity contribution in [2.75, 3.05) is 6.54 Å². The molecule has 1 N–H and O–H groups in total. The van der Waals surface area contributed by atoms with Crippen LogP contribution in [0.15, 0.2) is 17.2 Å². The van der Waals surface area contributed by atoms with Gasteiger partial charge in [-0.1, -0.05) is 6.92 Å². The van der Waals surface area contributed by atoms with E-state index in [1.165, 1.54) is 0 Å². The van der Waals surface area contributed by atoms with E-state index in [0.717, 1.165) is 38.6 Å². The van der Waals surface area contributed by atoms with Crippen LogP contribution in [0.3, 0.4) is 0 Å². The van der Waals surface area contributed by atoms with Gasteiger partial charge in [-0.25, -0.2) is 8.42 Å². The van der Waals surface area contributed by atoms with Crippen molar-refractivity contribution in [1.29, 1.82) is 0 Å². The Hall–Kier alpha value is -0.850. The SMILES string of the molecule is CCCn1cc(S(=O)(=O)N(CC2CC2)C2CC2)cc1CO. The Labute approximate surface area is 126 Å². The quantitative estimate of drug-likeness (QED) is 0.798. The summed E-state index contributed by atoms with van der Waals surface area (Å²) in [5, 5.41) is 9.41. The van der Waals surface area contributed by atoms with Crippen molar-refractivity contribution in [3.8, 4) is 0 Å². The lowest BCUT2D eigenvalue weighted by Gasteiger charge is -2.21. The number of sulfonamides is 1. The summed E-state index contributed by atoms with van der Waals surface area (Å²) in [7, 11) is -3.42. The van der Waals surface area contributed by atoms with E-state index in [2.05, 4.69) is 0 Å². The average Bonchev–Trinajstić information content (AvgIpc) is 3.35. The molecule has 0 atom stereocenters. The number of rotatable bonds is 8. The zero-order valence-electron chi connectivity index (χ0n) is 12.5. The van der Waals surface area contributed by atoms with E-state index in [0.29, 0.717) is 23.1 Å². The summed E-state index contributed by atoms with van der Waals surface area (Å²) in [6, 6.07) is 1.83. The van der Waals surface area contributed by atoms with Crippen LogP contribution in [-0.4, -0.2) is 35.0 Å². The first-order valence-electron chi connectivity index (χ1n) is 7.88. The number of aliphatic hydroxyl groups is 1. The largest absolute Gasteiger partial charge is 0.390 e. The topological polar surface area (TPSA) is 62.5 Å². The molecular weight excluding hydrogens is 288 g/mol.